The van der Waals surface area contributed by atoms with Crippen molar-refractivity contribution >= 4 is 11.9 Å². The molecule has 1 fully saturated rings. The molecule has 0 unspecified atom stereocenters. The van der Waals surface area contributed by atoms with Crippen molar-refractivity contribution in [3.05, 3.63) is 0 Å². The molecule has 1 aliphatic rings. The highest BCUT2D eigenvalue weighted by atomic mass is 16.5. The molecule has 12 heavy (non-hydrogen) atoms. The molecule has 0 aromatic rings. The van der Waals surface area contributed by atoms with Gasteiger partial charge in [0.25, 0.3) is 0 Å². The average molecular weight is 174 g/mol. The molecular weight excluding hydrogens is 164 g/mol. The smallest absolute Gasteiger partial charge is 0.395 e. The maximum atomic E-state index is 10.6. The van der Waals surface area contributed by atoms with Crippen LogP contribution in [0.25, 0.3) is 0 Å². The van der Waals surface area contributed by atoms with Gasteiger partial charge in [0, 0.05) is 13.1 Å². The lowest BCUT2D eigenvalue weighted by Crippen LogP contribution is -2.50. The number of morpholine rings is 1. The minimum atomic E-state index is -1.47. The van der Waals surface area contributed by atoms with Crippen molar-refractivity contribution in [3.63, 3.8) is 0 Å². The van der Waals surface area contributed by atoms with Gasteiger partial charge in [-0.2, -0.15) is 0 Å². The maximum Gasteiger partial charge on any atom is 0.395 e. The summed E-state index contributed by atoms with van der Waals surface area (Å²) >= 11 is 0. The van der Waals surface area contributed by atoms with Gasteiger partial charge in [0.2, 0.25) is 0 Å². The highest BCUT2D eigenvalue weighted by Gasteiger charge is 2.17. The number of nitrogens with zero attached hydrogens (tertiary/aromatic N) is 1. The van der Waals surface area contributed by atoms with Crippen molar-refractivity contribution < 1.29 is 19.4 Å². The summed E-state index contributed by atoms with van der Waals surface area (Å²) in [7, 11) is 0. The molecule has 0 aromatic heterocycles. The Hall–Kier alpha value is -1.14. The standard InChI is InChI=1S/C6H10N2O4/c9-5(6(10)11)7-8-1-3-12-4-2-8/h1-4H2,(H,7,9)(H,10,11). The zero-order valence-electron chi connectivity index (χ0n) is 6.45. The molecule has 68 valence electrons. The Morgan fingerprint density at radius 2 is 1.92 bits per heavy atom. The van der Waals surface area contributed by atoms with Gasteiger partial charge in [0.1, 0.15) is 0 Å². The number of ether oxygens (including phenoxy) is 1. The van der Waals surface area contributed by atoms with Crippen LogP contribution in [0.5, 0.6) is 0 Å². The number of carbonyl (C=O) groups excluding carboxylic acids is 1. The Morgan fingerprint density at radius 1 is 1.33 bits per heavy atom. The van der Waals surface area contributed by atoms with Gasteiger partial charge in [0.15, 0.2) is 0 Å². The molecule has 0 bridgehead atoms. The first kappa shape index (κ1) is 8.95. The summed E-state index contributed by atoms with van der Waals surface area (Å²) in [6.07, 6.45) is 0. The monoisotopic (exact) mass is 174 g/mol. The lowest BCUT2D eigenvalue weighted by Gasteiger charge is -2.25. The van der Waals surface area contributed by atoms with E-state index in [0.717, 1.165) is 0 Å². The third-order valence-corrected chi connectivity index (χ3v) is 1.46. The van der Waals surface area contributed by atoms with Crippen molar-refractivity contribution in [1.82, 2.24) is 10.4 Å². The van der Waals surface area contributed by atoms with Crippen LogP contribution in [0.2, 0.25) is 0 Å². The minimum absolute atomic E-state index is 0.514. The molecule has 1 amide bonds. The van der Waals surface area contributed by atoms with Crippen molar-refractivity contribution in [1.29, 1.82) is 0 Å². The van der Waals surface area contributed by atoms with Crippen molar-refractivity contribution in [2.45, 2.75) is 0 Å². The lowest BCUT2D eigenvalue weighted by molar-refractivity contribution is -0.153. The number of hydrogen-bond donors (Lipinski definition) is 2. The van der Waals surface area contributed by atoms with E-state index in [-0.39, 0.29) is 0 Å². The molecule has 1 saturated heterocycles. The number of amides is 1. The number of carboxylic acid groups (broad SMARTS) is 1. The molecular formula is C6H10N2O4. The number of hydrazine groups is 1. The van der Waals surface area contributed by atoms with E-state index >= 15 is 0 Å². The normalized spacial score (nSPS) is 18.7. The van der Waals surface area contributed by atoms with Gasteiger partial charge in [-0.3, -0.25) is 10.2 Å². The predicted molar refractivity (Wildman–Crippen MR) is 38.2 cm³/mol. The van der Waals surface area contributed by atoms with Crippen LogP contribution in [0.4, 0.5) is 0 Å². The molecule has 0 aliphatic carbocycles. The second-order valence-corrected chi connectivity index (χ2v) is 2.35. The Kier molecular flexibility index (Phi) is 3.01. The molecule has 0 radical (unpaired) electrons. The second-order valence-electron chi connectivity index (χ2n) is 2.35. The van der Waals surface area contributed by atoms with Crippen molar-refractivity contribution in [3.8, 4) is 0 Å². The van der Waals surface area contributed by atoms with Crippen LogP contribution in [-0.2, 0) is 14.3 Å². The van der Waals surface area contributed by atoms with Crippen LogP contribution in [0.1, 0.15) is 0 Å². The number of nitrogens with one attached hydrogen (secondary N) is 1. The minimum Gasteiger partial charge on any atom is -0.474 e. The molecule has 6 nitrogen and oxygen atoms in total. The fraction of sp³-hybridized carbons (Fsp3) is 0.667. The van der Waals surface area contributed by atoms with Gasteiger partial charge in [-0.15, -0.1) is 0 Å². The Balaban J connectivity index is 2.29. The molecule has 1 rings (SSSR count). The van der Waals surface area contributed by atoms with E-state index < -0.39 is 11.9 Å². The van der Waals surface area contributed by atoms with E-state index in [9.17, 15) is 9.59 Å². The van der Waals surface area contributed by atoms with E-state index in [2.05, 4.69) is 5.43 Å². The van der Waals surface area contributed by atoms with Crippen molar-refractivity contribution in [2.24, 2.45) is 0 Å². The molecule has 0 spiro atoms. The van der Waals surface area contributed by atoms with Gasteiger partial charge in [-0.1, -0.05) is 0 Å². The van der Waals surface area contributed by atoms with Crippen LogP contribution >= 0.6 is 0 Å². The Bertz CT molecular complexity index is 188. The molecule has 6 heteroatoms. The topological polar surface area (TPSA) is 78.9 Å². The summed E-state index contributed by atoms with van der Waals surface area (Å²) < 4.78 is 5.00. The lowest BCUT2D eigenvalue weighted by atomic mass is 10.5. The van der Waals surface area contributed by atoms with Crippen LogP contribution in [0.3, 0.4) is 0 Å². The van der Waals surface area contributed by atoms with Crippen LogP contribution in [0, 0.1) is 0 Å². The van der Waals surface area contributed by atoms with E-state index in [4.69, 9.17) is 9.84 Å². The number of hydrogen-bond acceptors (Lipinski definition) is 4. The number of rotatable bonds is 1. The van der Waals surface area contributed by atoms with E-state index in [1.807, 2.05) is 0 Å². The van der Waals surface area contributed by atoms with Crippen molar-refractivity contribution in [2.75, 3.05) is 26.3 Å². The molecule has 0 atom stereocenters. The largest absolute Gasteiger partial charge is 0.474 e. The fourth-order valence-electron chi connectivity index (χ4n) is 0.867. The predicted octanol–water partition coefficient (Wildman–Crippen LogP) is -1.57. The SMILES string of the molecule is O=C(O)C(=O)NN1CCOCC1. The van der Waals surface area contributed by atoms with E-state index in [1.165, 1.54) is 5.01 Å². The summed E-state index contributed by atoms with van der Waals surface area (Å²) in [6.45, 7) is 2.08. The third kappa shape index (κ3) is 2.48. The summed E-state index contributed by atoms with van der Waals surface area (Å²) in [4.78, 5) is 20.7. The molecule has 0 aromatic carbocycles. The molecule has 0 saturated carbocycles. The quantitative estimate of drug-likeness (QED) is 0.470. The Morgan fingerprint density at radius 3 is 2.42 bits per heavy atom. The van der Waals surface area contributed by atoms with E-state index in [0.29, 0.717) is 26.3 Å². The first-order chi connectivity index (χ1) is 5.70. The highest BCUT2D eigenvalue weighted by Crippen LogP contribution is 1.91. The summed E-state index contributed by atoms with van der Waals surface area (Å²) in [6, 6.07) is 0. The number of carbonyl (C=O) groups is 2. The zero-order chi connectivity index (χ0) is 8.97. The van der Waals surface area contributed by atoms with Crippen LogP contribution in [0.15, 0.2) is 0 Å². The van der Waals surface area contributed by atoms with Gasteiger partial charge in [-0.05, 0) is 0 Å². The highest BCUT2D eigenvalue weighted by molar-refractivity contribution is 6.31. The summed E-state index contributed by atoms with van der Waals surface area (Å²) in [5.41, 5.74) is 2.23. The first-order valence-corrected chi connectivity index (χ1v) is 3.57. The molecule has 1 heterocycles. The molecule has 1 aliphatic heterocycles. The number of aliphatic carboxylic acids is 1. The van der Waals surface area contributed by atoms with Gasteiger partial charge in [-0.25, -0.2) is 9.80 Å². The summed E-state index contributed by atoms with van der Waals surface area (Å²) in [5.74, 6) is -2.47. The van der Waals surface area contributed by atoms with Gasteiger partial charge >= 0.3 is 11.9 Å². The Labute approximate surface area is 69.1 Å². The van der Waals surface area contributed by atoms with Gasteiger partial charge < -0.3 is 9.84 Å². The maximum absolute atomic E-state index is 10.6. The third-order valence-electron chi connectivity index (χ3n) is 1.46. The molecule has 2 N–H and O–H groups in total. The van der Waals surface area contributed by atoms with Crippen LogP contribution < -0.4 is 5.43 Å². The van der Waals surface area contributed by atoms with Crippen LogP contribution in [-0.4, -0.2) is 48.3 Å². The zero-order valence-corrected chi connectivity index (χ0v) is 6.45. The summed E-state index contributed by atoms with van der Waals surface area (Å²) in [5, 5.41) is 9.77. The average Bonchev–Trinajstić information content (AvgIpc) is 2.06. The fourth-order valence-corrected chi connectivity index (χ4v) is 0.867. The van der Waals surface area contributed by atoms with E-state index in [1.54, 1.807) is 0 Å². The van der Waals surface area contributed by atoms with Gasteiger partial charge in [0.05, 0.1) is 13.2 Å². The first-order valence-electron chi connectivity index (χ1n) is 3.57. The second kappa shape index (κ2) is 4.03. The number of carboxylic acids is 1.